The summed E-state index contributed by atoms with van der Waals surface area (Å²) >= 11 is 0. The number of aliphatic hydroxyl groups is 1. The lowest BCUT2D eigenvalue weighted by Gasteiger charge is -2.62. The second-order valence-electron chi connectivity index (χ2n) is 9.71. The van der Waals surface area contributed by atoms with Gasteiger partial charge in [-0.25, -0.2) is 0 Å². The molecule has 2 aliphatic carbocycles. The average Bonchev–Trinajstić information content (AvgIpc) is 2.84. The largest absolute Gasteiger partial charge is 0.469 e. The summed E-state index contributed by atoms with van der Waals surface area (Å²) in [5, 5.41) is 10.9. The molecule has 0 aromatic heterocycles. The highest BCUT2D eigenvalue weighted by atomic mass is 16.5. The zero-order valence-electron chi connectivity index (χ0n) is 16.6. The first-order chi connectivity index (χ1) is 11.5. The number of hydrogen-bond acceptors (Lipinski definition) is 4. The van der Waals surface area contributed by atoms with E-state index in [1.54, 1.807) is 0 Å². The number of fused-ring (bicyclic) bond motifs is 2. The van der Waals surface area contributed by atoms with E-state index < -0.39 is 17.3 Å². The maximum Gasteiger partial charge on any atom is 0.308 e. The third kappa shape index (κ3) is 2.68. The molecule has 0 bridgehead atoms. The van der Waals surface area contributed by atoms with Gasteiger partial charge in [0.2, 0.25) is 0 Å². The molecule has 1 N–H and O–H groups in total. The van der Waals surface area contributed by atoms with Crippen molar-refractivity contribution in [2.75, 3.05) is 7.11 Å². The predicted octanol–water partition coefficient (Wildman–Crippen LogP) is 4.01. The Kier molecular flexibility index (Phi) is 4.40. The zero-order chi connectivity index (χ0) is 18.7. The molecule has 4 heteroatoms. The SMILES string of the molecule is COC(=O)CC1(C)CCC2(O1)C(C)=CC(O)C1C(C)(C)CCCC12C. The molecule has 1 saturated heterocycles. The van der Waals surface area contributed by atoms with Crippen LogP contribution in [0.2, 0.25) is 0 Å². The van der Waals surface area contributed by atoms with Gasteiger partial charge in [0.15, 0.2) is 0 Å². The van der Waals surface area contributed by atoms with Crippen LogP contribution in [-0.4, -0.2) is 35.5 Å². The van der Waals surface area contributed by atoms with Gasteiger partial charge in [-0.3, -0.25) is 4.79 Å². The minimum Gasteiger partial charge on any atom is -0.469 e. The second kappa shape index (κ2) is 5.82. The van der Waals surface area contributed by atoms with Crippen LogP contribution in [0.15, 0.2) is 11.6 Å². The van der Waals surface area contributed by atoms with E-state index in [0.717, 1.165) is 37.7 Å². The van der Waals surface area contributed by atoms with E-state index in [2.05, 4.69) is 27.7 Å². The molecule has 1 aliphatic heterocycles. The van der Waals surface area contributed by atoms with E-state index in [9.17, 15) is 9.90 Å². The smallest absolute Gasteiger partial charge is 0.308 e. The fourth-order valence-electron chi connectivity index (χ4n) is 6.46. The monoisotopic (exact) mass is 350 g/mol. The standard InChI is InChI=1S/C21H34O4/c1-14-12-15(22)17-18(2,3)8-7-9-20(17,5)21(14)11-10-19(4,25-21)13-16(23)24-6/h12,15,17,22H,7-11,13H2,1-6H3. The number of carbonyl (C=O) groups excluding carboxylic acids is 1. The first kappa shape index (κ1) is 18.9. The van der Waals surface area contributed by atoms with Crippen molar-refractivity contribution >= 4 is 5.97 Å². The second-order valence-corrected chi connectivity index (χ2v) is 9.71. The Morgan fingerprint density at radius 1 is 1.24 bits per heavy atom. The molecule has 142 valence electrons. The summed E-state index contributed by atoms with van der Waals surface area (Å²) in [6.45, 7) is 11.0. The topological polar surface area (TPSA) is 55.8 Å². The summed E-state index contributed by atoms with van der Waals surface area (Å²) in [7, 11) is 1.43. The molecule has 3 aliphatic rings. The van der Waals surface area contributed by atoms with Gasteiger partial charge in [0.05, 0.1) is 30.8 Å². The van der Waals surface area contributed by atoms with Crippen LogP contribution in [0.4, 0.5) is 0 Å². The van der Waals surface area contributed by atoms with Crippen molar-refractivity contribution in [1.29, 1.82) is 0 Å². The summed E-state index contributed by atoms with van der Waals surface area (Å²) in [6.07, 6.45) is 6.95. The number of methoxy groups -OCH3 is 1. The highest BCUT2D eigenvalue weighted by molar-refractivity contribution is 5.70. The van der Waals surface area contributed by atoms with E-state index in [-0.39, 0.29) is 29.1 Å². The molecule has 5 atom stereocenters. The molecule has 0 aromatic carbocycles. The van der Waals surface area contributed by atoms with Gasteiger partial charge < -0.3 is 14.6 Å². The van der Waals surface area contributed by atoms with Crippen LogP contribution in [0.5, 0.6) is 0 Å². The van der Waals surface area contributed by atoms with Crippen LogP contribution < -0.4 is 0 Å². The summed E-state index contributed by atoms with van der Waals surface area (Å²) in [6, 6.07) is 0. The first-order valence-electron chi connectivity index (χ1n) is 9.64. The van der Waals surface area contributed by atoms with Crippen molar-refractivity contribution in [3.8, 4) is 0 Å². The number of aliphatic hydroxyl groups excluding tert-OH is 1. The van der Waals surface area contributed by atoms with Gasteiger partial charge in [-0.15, -0.1) is 0 Å². The molecule has 0 amide bonds. The quantitative estimate of drug-likeness (QED) is 0.604. The van der Waals surface area contributed by atoms with E-state index in [4.69, 9.17) is 9.47 Å². The summed E-state index contributed by atoms with van der Waals surface area (Å²) in [4.78, 5) is 11.9. The Morgan fingerprint density at radius 3 is 2.56 bits per heavy atom. The highest BCUT2D eigenvalue weighted by Gasteiger charge is 2.66. The lowest BCUT2D eigenvalue weighted by atomic mass is 9.46. The highest BCUT2D eigenvalue weighted by Crippen LogP contribution is 2.66. The normalized spacial score (nSPS) is 45.8. The van der Waals surface area contributed by atoms with Crippen molar-refractivity contribution in [3.63, 3.8) is 0 Å². The van der Waals surface area contributed by atoms with Crippen LogP contribution in [0, 0.1) is 16.7 Å². The number of rotatable bonds is 2. The van der Waals surface area contributed by atoms with E-state index in [0.29, 0.717) is 0 Å². The molecule has 2 fully saturated rings. The molecule has 4 nitrogen and oxygen atoms in total. The van der Waals surface area contributed by atoms with E-state index in [1.807, 2.05) is 13.0 Å². The minimum atomic E-state index is -0.500. The Balaban J connectivity index is 2.03. The third-order valence-electron chi connectivity index (χ3n) is 7.54. The van der Waals surface area contributed by atoms with Gasteiger partial charge in [0, 0.05) is 11.3 Å². The van der Waals surface area contributed by atoms with Gasteiger partial charge >= 0.3 is 5.97 Å². The summed E-state index contributed by atoms with van der Waals surface area (Å²) < 4.78 is 11.7. The van der Waals surface area contributed by atoms with Crippen LogP contribution in [0.3, 0.4) is 0 Å². The molecular weight excluding hydrogens is 316 g/mol. The number of esters is 1. The summed E-state index contributed by atoms with van der Waals surface area (Å²) in [5.41, 5.74) is 0.184. The van der Waals surface area contributed by atoms with Gasteiger partial charge in [-0.05, 0) is 50.5 Å². The molecule has 5 unspecified atom stereocenters. The Morgan fingerprint density at radius 2 is 1.92 bits per heavy atom. The van der Waals surface area contributed by atoms with Crippen molar-refractivity contribution in [2.24, 2.45) is 16.7 Å². The van der Waals surface area contributed by atoms with E-state index >= 15 is 0 Å². The minimum absolute atomic E-state index is 0.0708. The van der Waals surface area contributed by atoms with Crippen molar-refractivity contribution in [3.05, 3.63) is 11.6 Å². The van der Waals surface area contributed by atoms with Crippen molar-refractivity contribution in [2.45, 2.75) is 90.4 Å². The van der Waals surface area contributed by atoms with Crippen molar-refractivity contribution in [1.82, 2.24) is 0 Å². The van der Waals surface area contributed by atoms with Crippen LogP contribution in [0.1, 0.15) is 73.1 Å². The van der Waals surface area contributed by atoms with Crippen molar-refractivity contribution < 1.29 is 19.4 Å². The average molecular weight is 350 g/mol. The lowest BCUT2D eigenvalue weighted by molar-refractivity contribution is -0.209. The molecule has 1 spiro atoms. The summed E-state index contributed by atoms with van der Waals surface area (Å²) in [5.74, 6) is -0.0550. The Hall–Kier alpha value is -0.870. The molecule has 3 rings (SSSR count). The number of ether oxygens (including phenoxy) is 2. The van der Waals surface area contributed by atoms with Crippen LogP contribution >= 0.6 is 0 Å². The van der Waals surface area contributed by atoms with E-state index in [1.165, 1.54) is 7.11 Å². The molecular formula is C21H34O4. The predicted molar refractivity (Wildman–Crippen MR) is 97.1 cm³/mol. The lowest BCUT2D eigenvalue weighted by Crippen LogP contribution is -2.63. The number of carbonyl (C=O) groups is 1. The molecule has 0 aromatic rings. The molecule has 1 saturated carbocycles. The van der Waals surface area contributed by atoms with Gasteiger partial charge in [0.1, 0.15) is 0 Å². The zero-order valence-corrected chi connectivity index (χ0v) is 16.6. The third-order valence-corrected chi connectivity index (χ3v) is 7.54. The van der Waals surface area contributed by atoms with Gasteiger partial charge in [0.25, 0.3) is 0 Å². The maximum atomic E-state index is 11.9. The molecule has 25 heavy (non-hydrogen) atoms. The fourth-order valence-corrected chi connectivity index (χ4v) is 6.46. The Labute approximate surface area is 152 Å². The van der Waals surface area contributed by atoms with Gasteiger partial charge in [-0.2, -0.15) is 0 Å². The van der Waals surface area contributed by atoms with Crippen LogP contribution in [0.25, 0.3) is 0 Å². The maximum absolute atomic E-state index is 11.9. The first-order valence-corrected chi connectivity index (χ1v) is 9.64. The van der Waals surface area contributed by atoms with Crippen LogP contribution in [-0.2, 0) is 14.3 Å². The Bertz CT molecular complexity index is 595. The molecule has 0 radical (unpaired) electrons. The van der Waals surface area contributed by atoms with Gasteiger partial charge in [-0.1, -0.05) is 33.3 Å². The number of hydrogen-bond donors (Lipinski definition) is 1. The fraction of sp³-hybridized carbons (Fsp3) is 0.857. The molecule has 1 heterocycles.